The first kappa shape index (κ1) is 16.1. The first-order chi connectivity index (χ1) is 11.6. The van der Waals surface area contributed by atoms with Crippen LogP contribution >= 0.6 is 11.6 Å². The van der Waals surface area contributed by atoms with Crippen LogP contribution in [-0.2, 0) is 9.53 Å². The van der Waals surface area contributed by atoms with Crippen LogP contribution < -0.4 is 9.47 Å². The van der Waals surface area contributed by atoms with Gasteiger partial charge in [-0.05, 0) is 29.8 Å². The summed E-state index contributed by atoms with van der Waals surface area (Å²) in [5, 5.41) is 0.527. The highest BCUT2D eigenvalue weighted by Crippen LogP contribution is 2.35. The van der Waals surface area contributed by atoms with Gasteiger partial charge in [0, 0.05) is 11.1 Å². The molecule has 0 aromatic heterocycles. The molecule has 1 aliphatic heterocycles. The first-order valence-corrected chi connectivity index (χ1v) is 7.48. The van der Waals surface area contributed by atoms with Gasteiger partial charge in [-0.15, -0.1) is 0 Å². The number of carbonyl (C=O) groups excluding carboxylic acids is 2. The number of methoxy groups -OCH3 is 1. The number of ether oxygens (including phenoxy) is 3. The number of halogens is 1. The van der Waals surface area contributed by atoms with Gasteiger partial charge < -0.3 is 14.2 Å². The fourth-order valence-electron chi connectivity index (χ4n) is 2.19. The Morgan fingerprint density at radius 3 is 2.79 bits per heavy atom. The second kappa shape index (κ2) is 6.76. The summed E-state index contributed by atoms with van der Waals surface area (Å²) in [5.74, 6) is 0.242. The van der Waals surface area contributed by atoms with E-state index in [4.69, 9.17) is 21.1 Å². The van der Waals surface area contributed by atoms with E-state index in [0.29, 0.717) is 27.6 Å². The van der Waals surface area contributed by atoms with Crippen LogP contribution in [0.25, 0.3) is 6.08 Å². The van der Waals surface area contributed by atoms with Crippen molar-refractivity contribution in [3.05, 3.63) is 64.4 Å². The van der Waals surface area contributed by atoms with Gasteiger partial charge in [-0.2, -0.15) is 0 Å². The maximum atomic E-state index is 12.4. The van der Waals surface area contributed by atoms with E-state index in [9.17, 15) is 9.59 Å². The maximum absolute atomic E-state index is 12.4. The molecule has 2 aromatic rings. The predicted octanol–water partition coefficient (Wildman–Crippen LogP) is 3.51. The van der Waals surface area contributed by atoms with Crippen LogP contribution in [0.15, 0.2) is 48.2 Å². The first-order valence-electron chi connectivity index (χ1n) is 7.11. The van der Waals surface area contributed by atoms with Crippen LogP contribution in [0.2, 0.25) is 5.02 Å². The molecule has 0 fully saturated rings. The summed E-state index contributed by atoms with van der Waals surface area (Å²) < 4.78 is 15.4. The molecule has 122 valence electrons. The third-order valence-electron chi connectivity index (χ3n) is 3.42. The predicted molar refractivity (Wildman–Crippen MR) is 88.3 cm³/mol. The zero-order valence-corrected chi connectivity index (χ0v) is 13.5. The van der Waals surface area contributed by atoms with Crippen LogP contribution in [0.1, 0.15) is 15.9 Å². The molecular weight excluding hydrogens is 332 g/mol. The summed E-state index contributed by atoms with van der Waals surface area (Å²) in [6, 6.07) is 11.9. The minimum Gasteiger partial charge on any atom is -0.482 e. The van der Waals surface area contributed by atoms with Gasteiger partial charge in [-0.25, -0.2) is 4.79 Å². The van der Waals surface area contributed by atoms with E-state index in [1.807, 2.05) is 6.07 Å². The van der Waals surface area contributed by atoms with Crippen molar-refractivity contribution in [1.29, 1.82) is 0 Å². The van der Waals surface area contributed by atoms with E-state index in [-0.39, 0.29) is 18.1 Å². The van der Waals surface area contributed by atoms with Crippen molar-refractivity contribution in [2.75, 3.05) is 13.7 Å². The summed E-state index contributed by atoms with van der Waals surface area (Å²) >= 11 is 6.10. The van der Waals surface area contributed by atoms with Gasteiger partial charge >= 0.3 is 5.97 Å². The number of rotatable bonds is 4. The Labute approximate surface area is 143 Å². The van der Waals surface area contributed by atoms with E-state index in [1.165, 1.54) is 7.11 Å². The molecule has 0 unspecified atom stereocenters. The largest absolute Gasteiger partial charge is 0.482 e. The average molecular weight is 345 g/mol. The zero-order chi connectivity index (χ0) is 17.1. The third kappa shape index (κ3) is 3.26. The van der Waals surface area contributed by atoms with E-state index >= 15 is 0 Å². The molecule has 0 N–H and O–H groups in total. The molecule has 24 heavy (non-hydrogen) atoms. The van der Waals surface area contributed by atoms with Crippen LogP contribution in [0, 0.1) is 0 Å². The second-order valence-electron chi connectivity index (χ2n) is 4.98. The van der Waals surface area contributed by atoms with Crippen molar-refractivity contribution < 1.29 is 23.8 Å². The average Bonchev–Trinajstić information content (AvgIpc) is 2.90. The van der Waals surface area contributed by atoms with Gasteiger partial charge in [0.2, 0.25) is 5.78 Å². The summed E-state index contributed by atoms with van der Waals surface area (Å²) in [6.45, 7) is -0.217. The van der Waals surface area contributed by atoms with Crippen molar-refractivity contribution in [1.82, 2.24) is 0 Å². The van der Waals surface area contributed by atoms with Gasteiger partial charge in [-0.1, -0.05) is 29.8 Å². The SMILES string of the molecule is COC(=O)COc1ccc2c(c1)OC(=Cc1ccccc1Cl)C2=O. The molecule has 0 aliphatic carbocycles. The van der Waals surface area contributed by atoms with Gasteiger partial charge in [0.15, 0.2) is 12.4 Å². The van der Waals surface area contributed by atoms with Crippen molar-refractivity contribution in [3.63, 3.8) is 0 Å². The molecule has 1 aliphatic rings. The van der Waals surface area contributed by atoms with Gasteiger partial charge in [0.1, 0.15) is 11.5 Å². The Bertz CT molecular complexity index is 841. The number of hydrogen-bond acceptors (Lipinski definition) is 5. The topological polar surface area (TPSA) is 61.8 Å². The number of allylic oxidation sites excluding steroid dienone is 1. The molecule has 2 aromatic carbocycles. The highest BCUT2D eigenvalue weighted by atomic mass is 35.5. The molecule has 5 nitrogen and oxygen atoms in total. The van der Waals surface area contributed by atoms with E-state index in [1.54, 1.807) is 42.5 Å². The lowest BCUT2D eigenvalue weighted by Gasteiger charge is -2.05. The van der Waals surface area contributed by atoms with E-state index in [2.05, 4.69) is 4.74 Å². The molecule has 0 saturated heterocycles. The highest BCUT2D eigenvalue weighted by molar-refractivity contribution is 6.32. The molecule has 0 saturated carbocycles. The maximum Gasteiger partial charge on any atom is 0.343 e. The number of esters is 1. The molecule has 0 radical (unpaired) electrons. The van der Waals surface area contributed by atoms with E-state index in [0.717, 1.165) is 0 Å². The number of fused-ring (bicyclic) bond motifs is 1. The van der Waals surface area contributed by atoms with Crippen LogP contribution in [0.3, 0.4) is 0 Å². The van der Waals surface area contributed by atoms with E-state index < -0.39 is 5.97 Å². The Kier molecular flexibility index (Phi) is 4.53. The number of ketones is 1. The molecule has 1 heterocycles. The van der Waals surface area contributed by atoms with Crippen LogP contribution in [0.4, 0.5) is 0 Å². The fourth-order valence-corrected chi connectivity index (χ4v) is 2.38. The minimum atomic E-state index is -0.494. The Morgan fingerprint density at radius 2 is 2.04 bits per heavy atom. The lowest BCUT2D eigenvalue weighted by atomic mass is 10.1. The lowest BCUT2D eigenvalue weighted by Crippen LogP contribution is -2.12. The second-order valence-corrected chi connectivity index (χ2v) is 5.39. The normalized spacial score (nSPS) is 14.2. The van der Waals surface area contributed by atoms with Crippen molar-refractivity contribution in [2.45, 2.75) is 0 Å². The van der Waals surface area contributed by atoms with Gasteiger partial charge in [0.25, 0.3) is 0 Å². The van der Waals surface area contributed by atoms with Gasteiger partial charge in [0.05, 0.1) is 12.7 Å². The molecule has 0 bridgehead atoms. The highest BCUT2D eigenvalue weighted by Gasteiger charge is 2.28. The standard InChI is InChI=1S/C18H13ClO5/c1-22-17(20)10-23-12-6-7-13-15(9-12)24-16(18(13)21)8-11-4-2-3-5-14(11)19/h2-9H,10H2,1H3. The smallest absolute Gasteiger partial charge is 0.343 e. The Morgan fingerprint density at radius 1 is 1.25 bits per heavy atom. The molecule has 3 rings (SSSR count). The Hall–Kier alpha value is -2.79. The number of carbonyl (C=O) groups is 2. The quantitative estimate of drug-likeness (QED) is 0.627. The molecule has 0 atom stereocenters. The monoisotopic (exact) mass is 344 g/mol. The number of benzene rings is 2. The molecule has 0 spiro atoms. The lowest BCUT2D eigenvalue weighted by molar-refractivity contribution is -0.142. The number of Topliss-reactive ketones (excluding diaryl/α,β-unsaturated/α-hetero) is 1. The van der Waals surface area contributed by atoms with Crippen molar-refractivity contribution in [2.24, 2.45) is 0 Å². The summed E-state index contributed by atoms with van der Waals surface area (Å²) in [7, 11) is 1.28. The van der Waals surface area contributed by atoms with Crippen LogP contribution in [-0.4, -0.2) is 25.5 Å². The summed E-state index contributed by atoms with van der Waals surface area (Å²) in [6.07, 6.45) is 1.60. The van der Waals surface area contributed by atoms with Crippen LogP contribution in [0.5, 0.6) is 11.5 Å². The Balaban J connectivity index is 1.82. The van der Waals surface area contributed by atoms with Crippen molar-refractivity contribution in [3.8, 4) is 11.5 Å². The third-order valence-corrected chi connectivity index (χ3v) is 3.76. The number of hydrogen-bond donors (Lipinski definition) is 0. The summed E-state index contributed by atoms with van der Waals surface area (Å²) in [5.41, 5.74) is 1.12. The minimum absolute atomic E-state index is 0.184. The van der Waals surface area contributed by atoms with Crippen molar-refractivity contribution >= 4 is 29.4 Å². The molecular formula is C18H13ClO5. The molecule has 0 amide bonds. The molecule has 6 heteroatoms. The fraction of sp³-hybridized carbons (Fsp3) is 0.111. The summed E-state index contributed by atoms with van der Waals surface area (Å²) in [4.78, 5) is 23.5. The zero-order valence-electron chi connectivity index (χ0n) is 12.7. The van der Waals surface area contributed by atoms with Gasteiger partial charge in [-0.3, -0.25) is 4.79 Å².